The fourth-order valence-corrected chi connectivity index (χ4v) is 1.65. The highest BCUT2D eigenvalue weighted by atomic mass is 16.4. The third-order valence-electron chi connectivity index (χ3n) is 2.41. The zero-order chi connectivity index (χ0) is 10.1. The molecule has 0 atom stereocenters. The van der Waals surface area contributed by atoms with Crippen LogP contribution in [-0.2, 0) is 6.54 Å². The molecule has 0 fully saturated rings. The van der Waals surface area contributed by atoms with Gasteiger partial charge in [0, 0.05) is 19.3 Å². The van der Waals surface area contributed by atoms with Crippen molar-refractivity contribution >= 4 is 11.7 Å². The van der Waals surface area contributed by atoms with Gasteiger partial charge in [0.2, 0.25) is 0 Å². The van der Waals surface area contributed by atoms with Crippen molar-refractivity contribution in [2.45, 2.75) is 6.54 Å². The van der Waals surface area contributed by atoms with Crippen LogP contribution in [0.5, 0.6) is 0 Å². The fourth-order valence-electron chi connectivity index (χ4n) is 1.65. The second-order valence-corrected chi connectivity index (χ2v) is 3.43. The number of carboxylic acid groups (broad SMARTS) is 1. The van der Waals surface area contributed by atoms with Crippen LogP contribution in [0.25, 0.3) is 0 Å². The van der Waals surface area contributed by atoms with Gasteiger partial charge in [-0.2, -0.15) is 0 Å². The molecule has 0 saturated carbocycles. The molecule has 0 amide bonds. The Morgan fingerprint density at radius 3 is 3.07 bits per heavy atom. The van der Waals surface area contributed by atoms with Crippen LogP contribution >= 0.6 is 0 Å². The molecule has 0 saturated heterocycles. The summed E-state index contributed by atoms with van der Waals surface area (Å²) in [6, 6.07) is 5.22. The molecule has 1 aromatic carbocycles. The van der Waals surface area contributed by atoms with E-state index in [-0.39, 0.29) is 0 Å². The van der Waals surface area contributed by atoms with Gasteiger partial charge in [0.05, 0.1) is 12.2 Å². The molecular formula is C10H12N2O2. The van der Waals surface area contributed by atoms with Crippen molar-refractivity contribution in [3.8, 4) is 0 Å². The van der Waals surface area contributed by atoms with E-state index < -0.39 is 5.97 Å². The largest absolute Gasteiger partial charge is 0.478 e. The Labute approximate surface area is 82.2 Å². The van der Waals surface area contributed by atoms with Crippen molar-refractivity contribution in [3.63, 3.8) is 0 Å². The van der Waals surface area contributed by atoms with Crippen molar-refractivity contribution in [3.05, 3.63) is 29.3 Å². The predicted octanol–water partition coefficient (Wildman–Crippen LogP) is 0.882. The Morgan fingerprint density at radius 1 is 1.57 bits per heavy atom. The highest BCUT2D eigenvalue weighted by molar-refractivity contribution is 5.89. The Bertz CT molecular complexity index is 376. The lowest BCUT2D eigenvalue weighted by atomic mass is 10.1. The van der Waals surface area contributed by atoms with Crippen LogP contribution in [0.3, 0.4) is 0 Å². The van der Waals surface area contributed by atoms with Crippen LogP contribution in [0.15, 0.2) is 18.2 Å². The first kappa shape index (κ1) is 9.02. The third-order valence-corrected chi connectivity index (χ3v) is 2.41. The Morgan fingerprint density at radius 2 is 2.36 bits per heavy atom. The van der Waals surface area contributed by atoms with E-state index >= 15 is 0 Å². The molecule has 4 heteroatoms. The number of hydrogen-bond acceptors (Lipinski definition) is 3. The SMILES string of the molecule is CN1CNCc2ccc(C(=O)O)cc21. The van der Waals surface area contributed by atoms with Crippen LogP contribution < -0.4 is 10.2 Å². The summed E-state index contributed by atoms with van der Waals surface area (Å²) in [7, 11) is 1.94. The van der Waals surface area contributed by atoms with Gasteiger partial charge in [0.1, 0.15) is 0 Å². The number of nitrogens with zero attached hydrogens (tertiary/aromatic N) is 1. The fraction of sp³-hybridized carbons (Fsp3) is 0.300. The summed E-state index contributed by atoms with van der Waals surface area (Å²) >= 11 is 0. The molecule has 4 nitrogen and oxygen atoms in total. The summed E-state index contributed by atoms with van der Waals surface area (Å²) in [6.45, 7) is 1.57. The Balaban J connectivity index is 2.45. The molecule has 0 unspecified atom stereocenters. The molecule has 74 valence electrons. The molecule has 1 aliphatic heterocycles. The number of nitrogens with one attached hydrogen (secondary N) is 1. The van der Waals surface area contributed by atoms with Gasteiger partial charge in [0.15, 0.2) is 0 Å². The first-order chi connectivity index (χ1) is 6.68. The number of fused-ring (bicyclic) bond motifs is 1. The maximum absolute atomic E-state index is 10.8. The van der Waals surface area contributed by atoms with E-state index in [0.29, 0.717) is 5.56 Å². The zero-order valence-electron chi connectivity index (χ0n) is 7.95. The van der Waals surface area contributed by atoms with Gasteiger partial charge >= 0.3 is 5.97 Å². The molecule has 2 N–H and O–H groups in total. The van der Waals surface area contributed by atoms with Gasteiger partial charge in [0.25, 0.3) is 0 Å². The van der Waals surface area contributed by atoms with Crippen molar-refractivity contribution < 1.29 is 9.90 Å². The first-order valence-electron chi connectivity index (χ1n) is 4.46. The lowest BCUT2D eigenvalue weighted by Gasteiger charge is -2.28. The molecule has 1 aliphatic rings. The third kappa shape index (κ3) is 1.44. The van der Waals surface area contributed by atoms with Gasteiger partial charge < -0.3 is 10.0 Å². The lowest BCUT2D eigenvalue weighted by Crippen LogP contribution is -2.36. The maximum atomic E-state index is 10.8. The number of rotatable bonds is 1. The molecule has 14 heavy (non-hydrogen) atoms. The summed E-state index contributed by atoms with van der Waals surface area (Å²) < 4.78 is 0. The van der Waals surface area contributed by atoms with E-state index in [9.17, 15) is 4.79 Å². The van der Waals surface area contributed by atoms with Gasteiger partial charge in [-0.05, 0) is 17.7 Å². The van der Waals surface area contributed by atoms with E-state index in [1.165, 1.54) is 0 Å². The van der Waals surface area contributed by atoms with Crippen molar-refractivity contribution in [1.82, 2.24) is 5.32 Å². The maximum Gasteiger partial charge on any atom is 0.335 e. The summed E-state index contributed by atoms with van der Waals surface area (Å²) in [5, 5.41) is 12.1. The zero-order valence-corrected chi connectivity index (χ0v) is 7.95. The monoisotopic (exact) mass is 192 g/mol. The van der Waals surface area contributed by atoms with Gasteiger partial charge in [-0.25, -0.2) is 4.79 Å². The van der Waals surface area contributed by atoms with E-state index in [0.717, 1.165) is 24.5 Å². The average molecular weight is 192 g/mol. The smallest absolute Gasteiger partial charge is 0.335 e. The van der Waals surface area contributed by atoms with Gasteiger partial charge in [-0.15, -0.1) is 0 Å². The minimum atomic E-state index is -0.875. The number of carboxylic acids is 1. The van der Waals surface area contributed by atoms with E-state index in [1.807, 2.05) is 18.0 Å². The summed E-state index contributed by atoms with van der Waals surface area (Å²) in [6.07, 6.45) is 0. The molecule has 0 aliphatic carbocycles. The van der Waals surface area contributed by atoms with Gasteiger partial charge in [-0.3, -0.25) is 5.32 Å². The topological polar surface area (TPSA) is 52.6 Å². The van der Waals surface area contributed by atoms with Crippen LogP contribution in [0.4, 0.5) is 5.69 Å². The normalized spacial score (nSPS) is 15.1. The Hall–Kier alpha value is -1.55. The van der Waals surface area contributed by atoms with Crippen LogP contribution in [-0.4, -0.2) is 24.8 Å². The molecule has 0 spiro atoms. The lowest BCUT2D eigenvalue weighted by molar-refractivity contribution is 0.0697. The minimum absolute atomic E-state index is 0.345. The van der Waals surface area contributed by atoms with Gasteiger partial charge in [-0.1, -0.05) is 6.07 Å². The number of hydrogen-bond donors (Lipinski definition) is 2. The van der Waals surface area contributed by atoms with Crippen molar-refractivity contribution in [2.24, 2.45) is 0 Å². The Kier molecular flexibility index (Phi) is 2.13. The standard InChI is InChI=1S/C10H12N2O2/c1-12-6-11-5-8-3-2-7(10(13)14)4-9(8)12/h2-4,11H,5-6H2,1H3,(H,13,14). The van der Waals surface area contributed by atoms with E-state index in [4.69, 9.17) is 5.11 Å². The second-order valence-electron chi connectivity index (χ2n) is 3.43. The van der Waals surface area contributed by atoms with E-state index in [2.05, 4.69) is 5.32 Å². The van der Waals surface area contributed by atoms with Crippen LogP contribution in [0.2, 0.25) is 0 Å². The highest BCUT2D eigenvalue weighted by Gasteiger charge is 2.14. The minimum Gasteiger partial charge on any atom is -0.478 e. The molecule has 2 rings (SSSR count). The number of anilines is 1. The summed E-state index contributed by atoms with van der Waals surface area (Å²) in [4.78, 5) is 12.8. The van der Waals surface area contributed by atoms with Crippen molar-refractivity contribution in [2.75, 3.05) is 18.6 Å². The van der Waals surface area contributed by atoms with Crippen LogP contribution in [0.1, 0.15) is 15.9 Å². The van der Waals surface area contributed by atoms with Crippen LogP contribution in [0, 0.1) is 0 Å². The van der Waals surface area contributed by atoms with E-state index in [1.54, 1.807) is 12.1 Å². The molecule has 1 heterocycles. The summed E-state index contributed by atoms with van der Waals surface area (Å²) in [5.41, 5.74) is 2.49. The number of carbonyl (C=O) groups is 1. The molecular weight excluding hydrogens is 180 g/mol. The average Bonchev–Trinajstić information content (AvgIpc) is 2.18. The predicted molar refractivity (Wildman–Crippen MR) is 53.5 cm³/mol. The molecule has 0 radical (unpaired) electrons. The second kappa shape index (κ2) is 3.31. The highest BCUT2D eigenvalue weighted by Crippen LogP contribution is 2.23. The molecule has 0 aromatic heterocycles. The molecule has 1 aromatic rings. The number of aromatic carboxylic acids is 1. The first-order valence-corrected chi connectivity index (χ1v) is 4.46. The summed E-state index contributed by atoms with van der Waals surface area (Å²) in [5.74, 6) is -0.875. The quantitative estimate of drug-likeness (QED) is 0.693. The number of benzene rings is 1. The molecule has 0 bridgehead atoms. The van der Waals surface area contributed by atoms with Crippen molar-refractivity contribution in [1.29, 1.82) is 0 Å².